The molecule has 1 unspecified atom stereocenters. The van der Waals surface area contributed by atoms with Crippen molar-refractivity contribution in [1.29, 1.82) is 0 Å². The van der Waals surface area contributed by atoms with E-state index in [0.717, 1.165) is 17.9 Å². The first kappa shape index (κ1) is 9.82. The first-order valence-corrected chi connectivity index (χ1v) is 6.53. The summed E-state index contributed by atoms with van der Waals surface area (Å²) in [7, 11) is 0. The molecule has 1 aromatic rings. The van der Waals surface area contributed by atoms with Crippen LogP contribution < -0.4 is 0 Å². The Morgan fingerprint density at radius 3 is 2.93 bits per heavy atom. The van der Waals surface area contributed by atoms with E-state index in [4.69, 9.17) is 4.74 Å². The number of hydrogen-bond donors (Lipinski definition) is 0. The summed E-state index contributed by atoms with van der Waals surface area (Å²) in [4.78, 5) is 0.945. The number of thiophene rings is 1. The van der Waals surface area contributed by atoms with Crippen LogP contribution in [0.3, 0.4) is 0 Å². The predicted molar refractivity (Wildman–Crippen MR) is 58.3 cm³/mol. The summed E-state index contributed by atoms with van der Waals surface area (Å²) in [5.41, 5.74) is 1.27. The van der Waals surface area contributed by atoms with Crippen molar-refractivity contribution in [2.45, 2.75) is 37.9 Å². The van der Waals surface area contributed by atoms with E-state index >= 15 is 0 Å². The van der Waals surface area contributed by atoms with Gasteiger partial charge in [0.1, 0.15) is 6.61 Å². The summed E-state index contributed by atoms with van der Waals surface area (Å²) in [5, 5.41) is 13.0. The van der Waals surface area contributed by atoms with E-state index in [0.29, 0.717) is 5.92 Å². The molecule has 81 valence electrons. The van der Waals surface area contributed by atoms with Gasteiger partial charge in [0.05, 0.1) is 5.60 Å². The Morgan fingerprint density at radius 2 is 2.40 bits per heavy atom. The van der Waals surface area contributed by atoms with E-state index in [1.165, 1.54) is 24.8 Å². The van der Waals surface area contributed by atoms with E-state index in [9.17, 15) is 5.11 Å². The van der Waals surface area contributed by atoms with Crippen molar-refractivity contribution < 1.29 is 9.84 Å². The van der Waals surface area contributed by atoms with Crippen molar-refractivity contribution in [2.75, 3.05) is 6.61 Å². The van der Waals surface area contributed by atoms with Gasteiger partial charge in [0.15, 0.2) is 0 Å². The van der Waals surface area contributed by atoms with Gasteiger partial charge >= 0.3 is 0 Å². The average molecular weight is 223 g/mol. The van der Waals surface area contributed by atoms with Crippen LogP contribution in [0, 0.1) is 5.92 Å². The van der Waals surface area contributed by atoms with Crippen LogP contribution in [-0.2, 0) is 22.1 Å². The van der Waals surface area contributed by atoms with Crippen LogP contribution in [0.1, 0.15) is 36.1 Å². The smallest absolute Gasteiger partial charge is 0.116 e. The van der Waals surface area contributed by atoms with Crippen molar-refractivity contribution in [3.8, 4) is 0 Å². The zero-order valence-electron chi connectivity index (χ0n) is 8.70. The summed E-state index contributed by atoms with van der Waals surface area (Å²) in [6.07, 6.45) is 4.90. The molecule has 2 nitrogen and oxygen atoms in total. The molecule has 2 fully saturated rings. The molecule has 0 amide bonds. The standard InChI is InChI=1S/C12H15O2S/c13-7-11-6-10(8-15-11)12(9-2-3-9)4-1-5-14-12/h6,8-9H,1-5,7H2. The number of rotatable bonds is 3. The van der Waals surface area contributed by atoms with Crippen molar-refractivity contribution in [2.24, 2.45) is 5.92 Å². The van der Waals surface area contributed by atoms with Crippen LogP contribution in [0.25, 0.3) is 0 Å². The van der Waals surface area contributed by atoms with Gasteiger partial charge < -0.3 is 4.74 Å². The molecule has 1 radical (unpaired) electrons. The van der Waals surface area contributed by atoms with Crippen LogP contribution in [-0.4, -0.2) is 6.61 Å². The molecule has 0 N–H and O–H groups in total. The van der Waals surface area contributed by atoms with Gasteiger partial charge in [-0.3, -0.25) is 0 Å². The molecule has 1 aromatic heterocycles. The monoisotopic (exact) mass is 223 g/mol. The van der Waals surface area contributed by atoms with Crippen molar-refractivity contribution in [3.05, 3.63) is 21.9 Å². The lowest BCUT2D eigenvalue weighted by Gasteiger charge is -2.27. The zero-order chi connectivity index (χ0) is 10.3. The van der Waals surface area contributed by atoms with Crippen molar-refractivity contribution >= 4 is 11.3 Å². The maximum absolute atomic E-state index is 10.8. The highest BCUT2D eigenvalue weighted by atomic mass is 32.1. The molecule has 3 rings (SSSR count). The van der Waals surface area contributed by atoms with E-state index in [1.54, 1.807) is 11.3 Å². The van der Waals surface area contributed by atoms with Gasteiger partial charge in [-0.05, 0) is 48.6 Å². The molecule has 0 bridgehead atoms. The molecule has 2 aliphatic rings. The molecule has 0 aromatic carbocycles. The second-order valence-corrected chi connectivity index (χ2v) is 5.56. The quantitative estimate of drug-likeness (QED) is 0.774. The molecule has 15 heavy (non-hydrogen) atoms. The third kappa shape index (κ3) is 1.53. The maximum atomic E-state index is 10.8. The van der Waals surface area contributed by atoms with Crippen LogP contribution in [0.5, 0.6) is 0 Å². The lowest BCUT2D eigenvalue weighted by molar-refractivity contribution is -0.0190. The second kappa shape index (κ2) is 3.58. The van der Waals surface area contributed by atoms with Gasteiger partial charge in [-0.1, -0.05) is 0 Å². The Kier molecular flexibility index (Phi) is 2.34. The van der Waals surface area contributed by atoms with Crippen LogP contribution in [0.4, 0.5) is 0 Å². The highest BCUT2D eigenvalue weighted by Gasteiger charge is 2.49. The Hall–Kier alpha value is -0.380. The largest absolute Gasteiger partial charge is 0.370 e. The topological polar surface area (TPSA) is 29.1 Å². The highest BCUT2D eigenvalue weighted by molar-refractivity contribution is 7.10. The maximum Gasteiger partial charge on any atom is 0.116 e. The third-order valence-corrected chi connectivity index (χ3v) is 4.48. The Morgan fingerprint density at radius 1 is 1.53 bits per heavy atom. The van der Waals surface area contributed by atoms with Gasteiger partial charge in [-0.15, -0.1) is 11.3 Å². The molecule has 1 atom stereocenters. The van der Waals surface area contributed by atoms with Crippen LogP contribution >= 0.6 is 11.3 Å². The average Bonchev–Trinajstić information content (AvgIpc) is 2.85. The Labute approximate surface area is 93.9 Å². The summed E-state index contributed by atoms with van der Waals surface area (Å²) in [6, 6.07) is 2.07. The molecular weight excluding hydrogens is 208 g/mol. The summed E-state index contributed by atoms with van der Waals surface area (Å²) >= 11 is 1.59. The molecule has 0 spiro atoms. The molecule has 2 heterocycles. The first-order chi connectivity index (χ1) is 7.35. The molecule has 3 heteroatoms. The fourth-order valence-electron chi connectivity index (χ4n) is 2.67. The van der Waals surface area contributed by atoms with Crippen LogP contribution in [0.2, 0.25) is 0 Å². The fraction of sp³-hybridized carbons (Fsp3) is 0.667. The summed E-state index contributed by atoms with van der Waals surface area (Å²) in [6.45, 7) is 0.796. The van der Waals surface area contributed by atoms with Gasteiger partial charge in [0.25, 0.3) is 0 Å². The molecule has 1 saturated carbocycles. The number of ether oxygens (including phenoxy) is 1. The highest BCUT2D eigenvalue weighted by Crippen LogP contribution is 2.54. The van der Waals surface area contributed by atoms with E-state index in [1.807, 2.05) is 0 Å². The number of hydrogen-bond acceptors (Lipinski definition) is 2. The minimum absolute atomic E-state index is 0.01000. The Balaban J connectivity index is 1.94. The first-order valence-electron chi connectivity index (χ1n) is 5.65. The summed E-state index contributed by atoms with van der Waals surface area (Å²) < 4.78 is 6.01. The zero-order valence-corrected chi connectivity index (χ0v) is 9.52. The third-order valence-electron chi connectivity index (χ3n) is 3.57. The van der Waals surface area contributed by atoms with Crippen molar-refractivity contribution in [1.82, 2.24) is 0 Å². The van der Waals surface area contributed by atoms with Crippen LogP contribution in [0.15, 0.2) is 11.4 Å². The second-order valence-electron chi connectivity index (χ2n) is 4.56. The van der Waals surface area contributed by atoms with E-state index in [2.05, 4.69) is 11.4 Å². The van der Waals surface area contributed by atoms with Gasteiger partial charge in [0.2, 0.25) is 0 Å². The van der Waals surface area contributed by atoms with Gasteiger partial charge in [-0.25, -0.2) is 5.11 Å². The normalized spacial score (nSPS) is 31.0. The Bertz CT molecular complexity index is 348. The minimum Gasteiger partial charge on any atom is -0.370 e. The summed E-state index contributed by atoms with van der Waals surface area (Å²) in [5.74, 6) is 0.717. The van der Waals surface area contributed by atoms with Crippen molar-refractivity contribution in [3.63, 3.8) is 0 Å². The lowest BCUT2D eigenvalue weighted by atomic mass is 9.88. The molecular formula is C12H15O2S. The lowest BCUT2D eigenvalue weighted by Crippen LogP contribution is -2.26. The van der Waals surface area contributed by atoms with E-state index < -0.39 is 0 Å². The SMILES string of the molecule is [O]Cc1cc(C2(C3CC3)CCCO2)cs1. The molecule has 1 aliphatic carbocycles. The predicted octanol–water partition coefficient (Wildman–Crippen LogP) is 3.09. The molecule has 1 aliphatic heterocycles. The minimum atomic E-state index is -0.0919. The molecule has 1 saturated heterocycles. The van der Waals surface area contributed by atoms with E-state index in [-0.39, 0.29) is 12.2 Å². The van der Waals surface area contributed by atoms with Gasteiger partial charge in [-0.2, -0.15) is 0 Å². The fourth-order valence-corrected chi connectivity index (χ4v) is 3.48. The van der Waals surface area contributed by atoms with Gasteiger partial charge in [0, 0.05) is 11.5 Å².